The van der Waals surface area contributed by atoms with Crippen molar-refractivity contribution in [2.45, 2.75) is 6.43 Å². The van der Waals surface area contributed by atoms with Crippen LogP contribution in [0.3, 0.4) is 0 Å². The quantitative estimate of drug-likeness (QED) is 0.708. The fourth-order valence-corrected chi connectivity index (χ4v) is 2.90. The number of benzene rings is 1. The lowest BCUT2D eigenvalue weighted by Crippen LogP contribution is -1.84. The summed E-state index contributed by atoms with van der Waals surface area (Å²) in [7, 11) is 0. The number of rotatable bonds is 1. The Hall–Kier alpha value is -0.550. The van der Waals surface area contributed by atoms with Crippen molar-refractivity contribution < 1.29 is 13.2 Å². The highest BCUT2D eigenvalue weighted by atomic mass is 79.9. The van der Waals surface area contributed by atoms with E-state index in [9.17, 15) is 13.2 Å². The molecule has 0 saturated heterocycles. The molecule has 0 atom stereocenters. The second-order valence-corrected chi connectivity index (χ2v) is 4.53. The molecule has 2 rings (SSSR count). The summed E-state index contributed by atoms with van der Waals surface area (Å²) in [6.45, 7) is 0. The molecule has 5 heteroatoms. The Morgan fingerprint density at radius 1 is 1.29 bits per heavy atom. The fraction of sp³-hybridized carbons (Fsp3) is 0.111. The van der Waals surface area contributed by atoms with Crippen molar-refractivity contribution in [1.29, 1.82) is 0 Å². The fourth-order valence-electron chi connectivity index (χ4n) is 1.23. The molecule has 0 N–H and O–H groups in total. The summed E-state index contributed by atoms with van der Waals surface area (Å²) in [4.78, 5) is 0. The highest BCUT2D eigenvalue weighted by molar-refractivity contribution is 9.10. The molecule has 0 spiro atoms. The lowest BCUT2D eigenvalue weighted by molar-refractivity contribution is 0.151. The largest absolute Gasteiger partial charge is 0.263 e. The third-order valence-corrected chi connectivity index (χ3v) is 3.38. The van der Waals surface area contributed by atoms with Crippen LogP contribution >= 0.6 is 27.3 Å². The van der Waals surface area contributed by atoms with E-state index in [1.165, 1.54) is 17.5 Å². The molecule has 0 unspecified atom stereocenters. The van der Waals surface area contributed by atoms with E-state index in [0.717, 1.165) is 11.3 Å². The Bertz CT molecular complexity index is 478. The van der Waals surface area contributed by atoms with Gasteiger partial charge in [0, 0.05) is 25.5 Å². The number of hydrogen-bond donors (Lipinski definition) is 0. The summed E-state index contributed by atoms with van der Waals surface area (Å²) >= 11 is 4.20. The molecule has 0 aliphatic heterocycles. The van der Waals surface area contributed by atoms with Gasteiger partial charge in [0.2, 0.25) is 0 Å². The predicted molar refractivity (Wildman–Crippen MR) is 54.4 cm³/mol. The van der Waals surface area contributed by atoms with Gasteiger partial charge in [-0.05, 0) is 12.1 Å². The number of halogens is 4. The molecule has 2 aromatic rings. The van der Waals surface area contributed by atoms with Gasteiger partial charge in [-0.15, -0.1) is 11.3 Å². The number of thiophene rings is 1. The molecule has 74 valence electrons. The first-order valence-corrected chi connectivity index (χ1v) is 5.41. The van der Waals surface area contributed by atoms with Gasteiger partial charge in [-0.25, -0.2) is 13.2 Å². The van der Waals surface area contributed by atoms with Crippen LogP contribution in [-0.2, 0) is 0 Å². The summed E-state index contributed by atoms with van der Waals surface area (Å²) in [5.41, 5.74) is -0.0915. The number of alkyl halides is 2. The normalized spacial score (nSPS) is 11.5. The third kappa shape index (κ3) is 1.54. The first kappa shape index (κ1) is 9.98. The van der Waals surface area contributed by atoms with E-state index in [4.69, 9.17) is 0 Å². The maximum Gasteiger partial charge on any atom is 0.263 e. The van der Waals surface area contributed by atoms with Gasteiger partial charge in [0.05, 0.1) is 0 Å². The van der Waals surface area contributed by atoms with Crippen molar-refractivity contribution >= 4 is 37.4 Å². The highest BCUT2D eigenvalue weighted by Gasteiger charge is 2.13. The summed E-state index contributed by atoms with van der Waals surface area (Å²) in [5, 5.41) is 1.68. The zero-order valence-electron chi connectivity index (χ0n) is 6.73. The molecule has 0 amide bonds. The molecule has 1 aromatic carbocycles. The minimum Gasteiger partial charge on any atom is -0.205 e. The van der Waals surface area contributed by atoms with E-state index in [1.54, 1.807) is 0 Å². The van der Waals surface area contributed by atoms with Crippen LogP contribution in [0.5, 0.6) is 0 Å². The van der Waals surface area contributed by atoms with E-state index in [1.807, 2.05) is 0 Å². The van der Waals surface area contributed by atoms with Gasteiger partial charge in [0.25, 0.3) is 6.43 Å². The predicted octanol–water partition coefficient (Wildman–Crippen LogP) is 4.74. The van der Waals surface area contributed by atoms with Crippen LogP contribution < -0.4 is 0 Å². The standard InChI is InChI=1S/C9H4BrF3S/c10-5-1-4(9(12)13)2-7-8(5)6(11)3-14-7/h1-3,9H. The van der Waals surface area contributed by atoms with Gasteiger partial charge in [0.1, 0.15) is 5.82 Å². The van der Waals surface area contributed by atoms with Gasteiger partial charge < -0.3 is 0 Å². The van der Waals surface area contributed by atoms with E-state index >= 15 is 0 Å². The molecule has 1 heterocycles. The zero-order chi connectivity index (χ0) is 10.3. The van der Waals surface area contributed by atoms with Crippen molar-refractivity contribution in [2.24, 2.45) is 0 Å². The highest BCUT2D eigenvalue weighted by Crippen LogP contribution is 2.35. The van der Waals surface area contributed by atoms with Crippen LogP contribution in [0.15, 0.2) is 22.0 Å². The van der Waals surface area contributed by atoms with E-state index < -0.39 is 6.43 Å². The summed E-state index contributed by atoms with van der Waals surface area (Å²) in [5.74, 6) is -0.377. The van der Waals surface area contributed by atoms with E-state index in [2.05, 4.69) is 15.9 Å². The smallest absolute Gasteiger partial charge is 0.205 e. The summed E-state index contributed by atoms with van der Waals surface area (Å²) in [6.07, 6.45) is -2.53. The van der Waals surface area contributed by atoms with Gasteiger partial charge in [-0.1, -0.05) is 15.9 Å². The van der Waals surface area contributed by atoms with Crippen LogP contribution in [0.4, 0.5) is 13.2 Å². The molecule has 1 aromatic heterocycles. The van der Waals surface area contributed by atoms with Crippen LogP contribution in [0.25, 0.3) is 10.1 Å². The van der Waals surface area contributed by atoms with E-state index in [0.29, 0.717) is 14.6 Å². The number of hydrogen-bond acceptors (Lipinski definition) is 1. The van der Waals surface area contributed by atoms with Gasteiger partial charge >= 0.3 is 0 Å². The van der Waals surface area contributed by atoms with Gasteiger partial charge in [-0.3, -0.25) is 0 Å². The Labute approximate surface area is 90.5 Å². The molecule has 0 aliphatic rings. The zero-order valence-corrected chi connectivity index (χ0v) is 9.13. The monoisotopic (exact) mass is 280 g/mol. The molecule has 0 nitrogen and oxygen atoms in total. The Morgan fingerprint density at radius 2 is 2.00 bits per heavy atom. The van der Waals surface area contributed by atoms with Crippen LogP contribution in [-0.4, -0.2) is 0 Å². The van der Waals surface area contributed by atoms with Crippen molar-refractivity contribution in [3.8, 4) is 0 Å². The molecule has 0 saturated carbocycles. The first-order chi connectivity index (χ1) is 6.59. The van der Waals surface area contributed by atoms with Crippen molar-refractivity contribution in [3.63, 3.8) is 0 Å². The molecule has 0 bridgehead atoms. The SMILES string of the molecule is Fc1csc2cc(C(F)F)cc(Br)c12. The summed E-state index contributed by atoms with van der Waals surface area (Å²) < 4.78 is 38.8. The minimum absolute atomic E-state index is 0.0915. The maximum atomic E-state index is 13.1. The Morgan fingerprint density at radius 3 is 2.64 bits per heavy atom. The van der Waals surface area contributed by atoms with Crippen molar-refractivity contribution in [2.75, 3.05) is 0 Å². The van der Waals surface area contributed by atoms with Crippen molar-refractivity contribution in [3.05, 3.63) is 33.4 Å². The van der Waals surface area contributed by atoms with E-state index in [-0.39, 0.29) is 11.4 Å². The summed E-state index contributed by atoms with van der Waals surface area (Å²) in [6, 6.07) is 2.57. The first-order valence-electron chi connectivity index (χ1n) is 3.74. The lowest BCUT2D eigenvalue weighted by Gasteiger charge is -2.01. The average molecular weight is 281 g/mol. The van der Waals surface area contributed by atoms with Crippen LogP contribution in [0, 0.1) is 5.82 Å². The molecular formula is C9H4BrF3S. The lowest BCUT2D eigenvalue weighted by atomic mass is 10.2. The molecular weight excluding hydrogens is 277 g/mol. The van der Waals surface area contributed by atoms with Crippen LogP contribution in [0.1, 0.15) is 12.0 Å². The minimum atomic E-state index is -2.53. The third-order valence-electron chi connectivity index (χ3n) is 1.86. The van der Waals surface area contributed by atoms with Gasteiger partial charge in [-0.2, -0.15) is 0 Å². The number of fused-ring (bicyclic) bond motifs is 1. The van der Waals surface area contributed by atoms with Crippen molar-refractivity contribution in [1.82, 2.24) is 0 Å². The topological polar surface area (TPSA) is 0 Å². The average Bonchev–Trinajstić information content (AvgIpc) is 2.48. The Kier molecular flexibility index (Phi) is 2.53. The molecule has 0 fully saturated rings. The molecule has 14 heavy (non-hydrogen) atoms. The second-order valence-electron chi connectivity index (χ2n) is 2.76. The molecule has 0 aliphatic carbocycles. The maximum absolute atomic E-state index is 13.1. The van der Waals surface area contributed by atoms with Gasteiger partial charge in [0.15, 0.2) is 0 Å². The second kappa shape index (κ2) is 3.55. The van der Waals surface area contributed by atoms with Crippen LogP contribution in [0.2, 0.25) is 0 Å². The molecule has 0 radical (unpaired) electrons. The Balaban J connectivity index is 2.74.